The second kappa shape index (κ2) is 8.26. The number of ether oxygens (including phenoxy) is 1. The lowest BCUT2D eigenvalue weighted by atomic mass is 9.95. The molecule has 0 fully saturated rings. The number of carbonyl (C=O) groups excluding carboxylic acids is 3. The van der Waals surface area contributed by atoms with E-state index in [0.29, 0.717) is 12.1 Å². The van der Waals surface area contributed by atoms with Crippen molar-refractivity contribution in [3.63, 3.8) is 0 Å². The van der Waals surface area contributed by atoms with Crippen LogP contribution in [0.25, 0.3) is 0 Å². The predicted molar refractivity (Wildman–Crippen MR) is 114 cm³/mol. The molecule has 2 aromatic rings. The first-order chi connectivity index (χ1) is 14.7. The molecule has 0 aromatic heterocycles. The highest BCUT2D eigenvalue weighted by atomic mass is 32.2. The van der Waals surface area contributed by atoms with Gasteiger partial charge in [0.25, 0.3) is 0 Å². The van der Waals surface area contributed by atoms with Gasteiger partial charge in [0.15, 0.2) is 22.2 Å². The number of amides is 1. The van der Waals surface area contributed by atoms with Crippen LogP contribution in [0.5, 0.6) is 0 Å². The lowest BCUT2D eigenvalue weighted by Crippen LogP contribution is -2.31. The van der Waals surface area contributed by atoms with Crippen molar-refractivity contribution < 1.29 is 27.5 Å². The molecule has 1 amide bonds. The summed E-state index contributed by atoms with van der Waals surface area (Å²) in [5, 5.41) is 0. The zero-order valence-corrected chi connectivity index (χ0v) is 18.0. The van der Waals surface area contributed by atoms with E-state index in [0.717, 1.165) is 35.2 Å². The minimum Gasteiger partial charge on any atom is -0.457 e. The molecule has 0 unspecified atom stereocenters. The molecule has 0 N–H and O–H groups in total. The van der Waals surface area contributed by atoms with Gasteiger partial charge in [0.1, 0.15) is 0 Å². The Balaban J connectivity index is 1.35. The van der Waals surface area contributed by atoms with Crippen molar-refractivity contribution in [1.29, 1.82) is 0 Å². The highest BCUT2D eigenvalue weighted by Gasteiger charge is 2.33. The van der Waals surface area contributed by atoms with E-state index in [4.69, 9.17) is 4.74 Å². The van der Waals surface area contributed by atoms with Crippen molar-refractivity contribution in [3.8, 4) is 0 Å². The summed E-state index contributed by atoms with van der Waals surface area (Å²) in [5.74, 6) is -1.45. The van der Waals surface area contributed by atoms with Gasteiger partial charge in [0.2, 0.25) is 5.91 Å². The molecule has 4 rings (SSSR count). The first kappa shape index (κ1) is 21.2. The van der Waals surface area contributed by atoms with Gasteiger partial charge in [-0.3, -0.25) is 14.4 Å². The lowest BCUT2D eigenvalue weighted by molar-refractivity contribution is -0.142. The van der Waals surface area contributed by atoms with Crippen LogP contribution in [0, 0.1) is 6.92 Å². The van der Waals surface area contributed by atoms with Crippen LogP contribution in [-0.2, 0) is 37.0 Å². The molecule has 0 spiro atoms. The predicted octanol–water partition coefficient (Wildman–Crippen LogP) is 2.42. The zero-order chi connectivity index (χ0) is 22.2. The molecule has 2 aliphatic rings. The molecular weight excluding hydrogens is 418 g/mol. The number of benzene rings is 2. The number of anilines is 1. The Kier molecular flexibility index (Phi) is 5.66. The Morgan fingerprint density at radius 1 is 1.10 bits per heavy atom. The van der Waals surface area contributed by atoms with Gasteiger partial charge in [-0.1, -0.05) is 17.7 Å². The molecular formula is C23H23NO6S. The van der Waals surface area contributed by atoms with Gasteiger partial charge >= 0.3 is 5.97 Å². The Morgan fingerprint density at radius 2 is 1.81 bits per heavy atom. The summed E-state index contributed by atoms with van der Waals surface area (Å²) in [6, 6.07) is 9.86. The minimum absolute atomic E-state index is 0.0433. The average molecular weight is 442 g/mol. The van der Waals surface area contributed by atoms with E-state index in [9.17, 15) is 22.8 Å². The van der Waals surface area contributed by atoms with Crippen LogP contribution in [0.2, 0.25) is 0 Å². The highest BCUT2D eigenvalue weighted by Crippen LogP contribution is 2.37. The van der Waals surface area contributed by atoms with Crippen molar-refractivity contribution in [1.82, 2.24) is 0 Å². The molecule has 162 valence electrons. The molecule has 0 saturated carbocycles. The second-order valence-electron chi connectivity index (χ2n) is 7.93. The van der Waals surface area contributed by atoms with E-state index < -0.39 is 22.4 Å². The van der Waals surface area contributed by atoms with Crippen LogP contribution in [0.15, 0.2) is 41.3 Å². The molecule has 0 radical (unpaired) electrons. The summed E-state index contributed by atoms with van der Waals surface area (Å²) in [6.45, 7) is 2.10. The van der Waals surface area contributed by atoms with E-state index in [-0.39, 0.29) is 35.2 Å². The standard InChI is InChI=1S/C23H23NO6S/c1-15-4-6-19(7-5-15)31(28,29)10-8-22(27)30-14-20(25)17-11-16-3-2-9-24-21(26)13-18(12-17)23(16)24/h4-7,11-12H,2-3,8-10,13-14H2,1H3. The zero-order valence-electron chi connectivity index (χ0n) is 17.2. The van der Waals surface area contributed by atoms with Crippen LogP contribution in [0.4, 0.5) is 5.69 Å². The monoisotopic (exact) mass is 441 g/mol. The van der Waals surface area contributed by atoms with Gasteiger partial charge in [-0.25, -0.2) is 8.42 Å². The van der Waals surface area contributed by atoms with Crippen LogP contribution in [0.1, 0.15) is 39.9 Å². The second-order valence-corrected chi connectivity index (χ2v) is 10.0. The van der Waals surface area contributed by atoms with Crippen LogP contribution >= 0.6 is 0 Å². The smallest absolute Gasteiger partial charge is 0.307 e. The van der Waals surface area contributed by atoms with Crippen LogP contribution in [-0.4, -0.2) is 45.0 Å². The van der Waals surface area contributed by atoms with Gasteiger partial charge in [-0.2, -0.15) is 0 Å². The van der Waals surface area contributed by atoms with Crippen molar-refractivity contribution in [2.45, 2.75) is 37.5 Å². The molecule has 2 heterocycles. The normalized spacial score (nSPS) is 15.0. The molecule has 2 aromatic carbocycles. The number of aryl methyl sites for hydroxylation is 2. The number of carbonyl (C=O) groups is 3. The fourth-order valence-corrected chi connectivity index (χ4v) is 5.24. The van der Waals surface area contributed by atoms with Gasteiger partial charge < -0.3 is 9.64 Å². The Bertz CT molecular complexity index is 1170. The Labute approximate surface area is 180 Å². The number of rotatable bonds is 7. The molecule has 0 atom stereocenters. The number of nitrogens with zero attached hydrogens (tertiary/aromatic N) is 1. The maximum Gasteiger partial charge on any atom is 0.307 e. The molecule has 0 bridgehead atoms. The Morgan fingerprint density at radius 3 is 2.55 bits per heavy atom. The number of esters is 1. The van der Waals surface area contributed by atoms with E-state index in [1.165, 1.54) is 12.1 Å². The van der Waals surface area contributed by atoms with Gasteiger partial charge in [0.05, 0.1) is 29.2 Å². The third-order valence-electron chi connectivity index (χ3n) is 5.65. The maximum atomic E-state index is 12.6. The number of hydrogen-bond donors (Lipinski definition) is 0. The van der Waals surface area contributed by atoms with E-state index >= 15 is 0 Å². The largest absolute Gasteiger partial charge is 0.457 e. The molecule has 7 nitrogen and oxygen atoms in total. The summed E-state index contributed by atoms with van der Waals surface area (Å²) in [7, 11) is -3.61. The molecule has 0 aliphatic carbocycles. The van der Waals surface area contributed by atoms with Gasteiger partial charge in [0, 0.05) is 12.1 Å². The van der Waals surface area contributed by atoms with Gasteiger partial charge in [-0.15, -0.1) is 0 Å². The highest BCUT2D eigenvalue weighted by molar-refractivity contribution is 7.91. The quantitative estimate of drug-likeness (QED) is 0.484. The Hall–Kier alpha value is -3.00. The summed E-state index contributed by atoms with van der Waals surface area (Å²) >= 11 is 0. The molecule has 8 heteroatoms. The lowest BCUT2D eigenvalue weighted by Gasteiger charge is -2.25. The summed E-state index contributed by atoms with van der Waals surface area (Å²) in [6.07, 6.45) is 1.59. The summed E-state index contributed by atoms with van der Waals surface area (Å²) in [4.78, 5) is 38.6. The average Bonchev–Trinajstić information content (AvgIpc) is 3.07. The van der Waals surface area contributed by atoms with Crippen LogP contribution in [0.3, 0.4) is 0 Å². The first-order valence-electron chi connectivity index (χ1n) is 10.2. The van der Waals surface area contributed by atoms with E-state index in [1.54, 1.807) is 29.2 Å². The third-order valence-corrected chi connectivity index (χ3v) is 7.38. The molecule has 0 saturated heterocycles. The van der Waals surface area contributed by atoms with E-state index in [1.807, 2.05) is 6.92 Å². The molecule has 31 heavy (non-hydrogen) atoms. The molecule has 2 aliphatic heterocycles. The van der Waals surface area contributed by atoms with E-state index in [2.05, 4.69) is 0 Å². The van der Waals surface area contributed by atoms with Crippen molar-refractivity contribution >= 4 is 33.2 Å². The van der Waals surface area contributed by atoms with Crippen molar-refractivity contribution in [2.24, 2.45) is 0 Å². The fourth-order valence-electron chi connectivity index (χ4n) is 4.02. The maximum absolute atomic E-state index is 12.6. The number of ketones is 1. The van der Waals surface area contributed by atoms with Crippen molar-refractivity contribution in [3.05, 3.63) is 58.7 Å². The summed E-state index contributed by atoms with van der Waals surface area (Å²) < 4.78 is 29.7. The van der Waals surface area contributed by atoms with Crippen molar-refractivity contribution in [2.75, 3.05) is 23.8 Å². The topological polar surface area (TPSA) is 97.8 Å². The summed E-state index contributed by atoms with van der Waals surface area (Å²) in [5.41, 5.74) is 4.07. The van der Waals surface area contributed by atoms with Gasteiger partial charge in [-0.05, 0) is 55.2 Å². The SMILES string of the molecule is Cc1ccc(S(=O)(=O)CCC(=O)OCC(=O)c2cc3c4c(c2)CC(=O)N4CCC3)cc1. The first-order valence-corrected chi connectivity index (χ1v) is 11.8. The number of hydrogen-bond acceptors (Lipinski definition) is 6. The number of sulfone groups is 1. The minimum atomic E-state index is -3.61. The number of Topliss-reactive ketones (excluding diaryl/α,β-unsaturated/α-hetero) is 1. The van der Waals surface area contributed by atoms with Crippen LogP contribution < -0.4 is 4.90 Å². The fraction of sp³-hybridized carbons (Fsp3) is 0.348. The third kappa shape index (κ3) is 4.39.